The van der Waals surface area contributed by atoms with Crippen LogP contribution in [0.2, 0.25) is 0 Å². The molecule has 13 heteroatoms. The topological polar surface area (TPSA) is 135 Å². The summed E-state index contributed by atoms with van der Waals surface area (Å²) in [5.41, 5.74) is 7.07. The summed E-state index contributed by atoms with van der Waals surface area (Å²) in [6, 6.07) is 7.67. The van der Waals surface area contributed by atoms with E-state index in [0.29, 0.717) is 28.6 Å². The predicted molar refractivity (Wildman–Crippen MR) is 158 cm³/mol. The summed E-state index contributed by atoms with van der Waals surface area (Å²) < 4.78 is 25.7. The van der Waals surface area contributed by atoms with Crippen LogP contribution in [0.5, 0.6) is 17.4 Å². The molecule has 5 heterocycles. The van der Waals surface area contributed by atoms with Gasteiger partial charge in [0.05, 0.1) is 48.1 Å². The van der Waals surface area contributed by atoms with Crippen LogP contribution in [0.15, 0.2) is 43.0 Å². The third-order valence-electron chi connectivity index (χ3n) is 6.89. The van der Waals surface area contributed by atoms with E-state index in [-0.39, 0.29) is 13.2 Å². The molecule has 2 aromatic carbocycles. The molecule has 0 bridgehead atoms. The minimum Gasteiger partial charge on any atom is -0.484 e. The molecule has 1 N–H and O–H groups in total. The van der Waals surface area contributed by atoms with Gasteiger partial charge in [-0.25, -0.2) is 29.7 Å². The Labute approximate surface area is 243 Å². The molecule has 0 saturated heterocycles. The SMILES string of the molecule is COc1cnc2c(-c3nc4c(C)cc5c(c4s3)OCC(COC(=O)Nc3cnc4c(c3)ncn4C)O5)cc(C)cc2n1. The zero-order valence-corrected chi connectivity index (χ0v) is 24.0. The van der Waals surface area contributed by atoms with Crippen molar-refractivity contribution < 1.29 is 23.7 Å². The monoisotopic (exact) mass is 583 g/mol. The van der Waals surface area contributed by atoms with Crippen LogP contribution in [0.25, 0.3) is 43.0 Å². The molecular formula is C29H25N7O5S. The number of carbonyl (C=O) groups is 1. The van der Waals surface area contributed by atoms with Crippen molar-refractivity contribution in [1.29, 1.82) is 0 Å². The largest absolute Gasteiger partial charge is 0.484 e. The number of imidazole rings is 1. The number of carbonyl (C=O) groups excluding carboxylic acids is 1. The van der Waals surface area contributed by atoms with Crippen molar-refractivity contribution in [1.82, 2.24) is 29.5 Å². The molecule has 42 heavy (non-hydrogen) atoms. The van der Waals surface area contributed by atoms with Crippen LogP contribution in [-0.2, 0) is 11.8 Å². The van der Waals surface area contributed by atoms with Gasteiger partial charge in [-0.15, -0.1) is 11.3 Å². The number of benzene rings is 2. The van der Waals surface area contributed by atoms with Crippen LogP contribution in [0.1, 0.15) is 11.1 Å². The van der Waals surface area contributed by atoms with Crippen molar-refractivity contribution in [3.63, 3.8) is 0 Å². The van der Waals surface area contributed by atoms with Crippen LogP contribution in [-0.4, -0.2) is 62.0 Å². The zero-order chi connectivity index (χ0) is 29.0. The first-order valence-electron chi connectivity index (χ1n) is 13.1. The number of ether oxygens (including phenoxy) is 4. The average molecular weight is 584 g/mol. The fraction of sp³-hybridized carbons (Fsp3) is 0.241. The van der Waals surface area contributed by atoms with Gasteiger partial charge in [0.2, 0.25) is 5.88 Å². The second-order valence-corrected chi connectivity index (χ2v) is 11.0. The van der Waals surface area contributed by atoms with E-state index in [1.54, 1.807) is 36.5 Å². The molecule has 1 unspecified atom stereocenters. The first-order chi connectivity index (χ1) is 20.4. The number of fused-ring (bicyclic) bond motifs is 5. The van der Waals surface area contributed by atoms with E-state index < -0.39 is 12.2 Å². The van der Waals surface area contributed by atoms with E-state index in [4.69, 9.17) is 23.9 Å². The number of hydrogen-bond acceptors (Lipinski definition) is 11. The maximum Gasteiger partial charge on any atom is 0.411 e. The minimum absolute atomic E-state index is 0.00692. The van der Waals surface area contributed by atoms with Gasteiger partial charge in [-0.05, 0) is 49.2 Å². The maximum absolute atomic E-state index is 12.5. The van der Waals surface area contributed by atoms with Crippen molar-refractivity contribution in [3.05, 3.63) is 54.1 Å². The zero-order valence-electron chi connectivity index (χ0n) is 23.2. The molecule has 1 aliphatic heterocycles. The van der Waals surface area contributed by atoms with Crippen LogP contribution in [0.3, 0.4) is 0 Å². The molecule has 0 saturated carbocycles. The van der Waals surface area contributed by atoms with E-state index in [2.05, 4.69) is 31.3 Å². The number of aryl methyl sites for hydroxylation is 3. The van der Waals surface area contributed by atoms with Crippen molar-refractivity contribution in [2.45, 2.75) is 20.0 Å². The van der Waals surface area contributed by atoms with Gasteiger partial charge in [-0.2, -0.15) is 0 Å². The van der Waals surface area contributed by atoms with Gasteiger partial charge in [-0.3, -0.25) is 5.32 Å². The van der Waals surface area contributed by atoms with Gasteiger partial charge in [0, 0.05) is 12.6 Å². The number of anilines is 1. The molecule has 0 spiro atoms. The summed E-state index contributed by atoms with van der Waals surface area (Å²) in [6.45, 7) is 4.22. The smallest absolute Gasteiger partial charge is 0.411 e. The molecular weight excluding hydrogens is 558 g/mol. The molecule has 4 aromatic heterocycles. The first-order valence-corrected chi connectivity index (χ1v) is 13.9. The van der Waals surface area contributed by atoms with E-state index in [0.717, 1.165) is 48.6 Å². The Balaban J connectivity index is 1.10. The quantitative estimate of drug-likeness (QED) is 0.288. The molecule has 1 aliphatic rings. The summed E-state index contributed by atoms with van der Waals surface area (Å²) in [7, 11) is 3.43. The molecule has 1 atom stereocenters. The second-order valence-electron chi connectivity index (χ2n) is 10.0. The van der Waals surface area contributed by atoms with Gasteiger partial charge in [0.15, 0.2) is 23.3 Å². The summed E-state index contributed by atoms with van der Waals surface area (Å²) in [6.07, 6.45) is 3.73. The van der Waals surface area contributed by atoms with Crippen LogP contribution in [0.4, 0.5) is 10.5 Å². The van der Waals surface area contributed by atoms with Crippen molar-refractivity contribution >= 4 is 55.5 Å². The van der Waals surface area contributed by atoms with E-state index >= 15 is 0 Å². The number of hydrogen-bond donors (Lipinski definition) is 1. The molecule has 0 aliphatic carbocycles. The molecule has 6 aromatic rings. The Morgan fingerprint density at radius 1 is 1.10 bits per heavy atom. The lowest BCUT2D eigenvalue weighted by molar-refractivity contribution is 0.0383. The Kier molecular flexibility index (Phi) is 6.23. The van der Waals surface area contributed by atoms with Gasteiger partial charge in [0.1, 0.15) is 28.4 Å². The third-order valence-corrected chi connectivity index (χ3v) is 7.98. The summed E-state index contributed by atoms with van der Waals surface area (Å²) in [5.74, 6) is 1.66. The van der Waals surface area contributed by atoms with Gasteiger partial charge in [0.25, 0.3) is 0 Å². The predicted octanol–water partition coefficient (Wildman–Crippen LogP) is 5.20. The van der Waals surface area contributed by atoms with Crippen LogP contribution < -0.4 is 19.5 Å². The van der Waals surface area contributed by atoms with Crippen molar-refractivity contribution in [2.75, 3.05) is 25.6 Å². The number of rotatable bonds is 5. The van der Waals surface area contributed by atoms with Gasteiger partial charge >= 0.3 is 6.09 Å². The normalized spacial score (nSPS) is 14.4. The van der Waals surface area contributed by atoms with Crippen LogP contribution >= 0.6 is 11.3 Å². The average Bonchev–Trinajstić information content (AvgIpc) is 3.59. The Hall–Kier alpha value is -5.04. The number of nitrogens with zero attached hydrogens (tertiary/aromatic N) is 6. The highest BCUT2D eigenvalue weighted by Gasteiger charge is 2.27. The van der Waals surface area contributed by atoms with E-state index in [1.165, 1.54) is 11.3 Å². The summed E-state index contributed by atoms with van der Waals surface area (Å²) in [4.78, 5) is 35.1. The van der Waals surface area contributed by atoms with Crippen molar-refractivity contribution in [3.8, 4) is 28.0 Å². The Morgan fingerprint density at radius 3 is 2.83 bits per heavy atom. The molecule has 0 fully saturated rings. The Bertz CT molecular complexity index is 2020. The number of methoxy groups -OCH3 is 1. The number of thiazole rings is 1. The fourth-order valence-corrected chi connectivity index (χ4v) is 6.06. The van der Waals surface area contributed by atoms with Crippen molar-refractivity contribution in [2.24, 2.45) is 7.05 Å². The lowest BCUT2D eigenvalue weighted by Gasteiger charge is -2.26. The third kappa shape index (κ3) is 4.57. The lowest BCUT2D eigenvalue weighted by Crippen LogP contribution is -2.35. The lowest BCUT2D eigenvalue weighted by atomic mass is 10.1. The number of pyridine rings is 1. The van der Waals surface area contributed by atoms with E-state index in [1.807, 2.05) is 33.0 Å². The minimum atomic E-state index is -0.619. The first kappa shape index (κ1) is 25.9. The Morgan fingerprint density at radius 2 is 1.98 bits per heavy atom. The highest BCUT2D eigenvalue weighted by atomic mass is 32.1. The molecule has 212 valence electrons. The maximum atomic E-state index is 12.5. The number of aromatic nitrogens is 6. The molecule has 0 radical (unpaired) electrons. The second kappa shape index (κ2) is 10.1. The number of nitrogens with one attached hydrogen (secondary N) is 1. The highest BCUT2D eigenvalue weighted by molar-refractivity contribution is 7.22. The fourth-order valence-electron chi connectivity index (χ4n) is 4.91. The van der Waals surface area contributed by atoms with Gasteiger partial charge < -0.3 is 23.5 Å². The molecule has 1 amide bonds. The summed E-state index contributed by atoms with van der Waals surface area (Å²) in [5, 5.41) is 3.49. The van der Waals surface area contributed by atoms with E-state index in [9.17, 15) is 4.79 Å². The highest BCUT2D eigenvalue weighted by Crippen LogP contribution is 2.46. The summed E-state index contributed by atoms with van der Waals surface area (Å²) >= 11 is 1.51. The molecule has 12 nitrogen and oxygen atoms in total. The standard InChI is InChI=1S/C29H25N7O5S/c1-14-5-18(24-19(6-14)34-22(38-4)10-30-24)28-35-23-15(2)7-21-25(26(23)42-28)39-11-17(41-21)12-40-29(37)33-16-8-20-27(31-9-16)36(3)13-32-20/h5-10,13,17H,11-12H2,1-4H3,(H,33,37). The number of amides is 1. The van der Waals surface area contributed by atoms with Gasteiger partial charge in [-0.1, -0.05) is 0 Å². The van der Waals surface area contributed by atoms with Crippen LogP contribution in [0, 0.1) is 13.8 Å². The molecule has 7 rings (SSSR count).